The van der Waals surface area contributed by atoms with E-state index >= 15 is 0 Å². The van der Waals surface area contributed by atoms with E-state index in [2.05, 4.69) is 79.7 Å². The van der Waals surface area contributed by atoms with Crippen molar-refractivity contribution in [2.75, 3.05) is 21.3 Å². The Hall–Kier alpha value is -4.91. The van der Waals surface area contributed by atoms with Crippen molar-refractivity contribution in [2.24, 2.45) is 0 Å². The van der Waals surface area contributed by atoms with Gasteiger partial charge in [-0.05, 0) is 119 Å². The molecule has 0 atom stereocenters. The molecule has 6 heteroatoms. The predicted molar refractivity (Wildman–Crippen MR) is 226 cm³/mol. The van der Waals surface area contributed by atoms with Crippen molar-refractivity contribution in [3.63, 3.8) is 0 Å². The van der Waals surface area contributed by atoms with E-state index in [0.29, 0.717) is 0 Å². The van der Waals surface area contributed by atoms with Gasteiger partial charge in [0.05, 0.1) is 32.8 Å². The molecule has 2 aliphatic carbocycles. The van der Waals surface area contributed by atoms with Crippen LogP contribution in [0.5, 0.6) is 23.0 Å². The van der Waals surface area contributed by atoms with Crippen LogP contribution >= 0.6 is 11.8 Å². The van der Waals surface area contributed by atoms with Gasteiger partial charge in [-0.3, -0.25) is 0 Å². The topological polar surface area (TPSA) is 57.2 Å². The molecule has 1 saturated carbocycles. The van der Waals surface area contributed by atoms with Gasteiger partial charge < -0.3 is 24.1 Å². The van der Waals surface area contributed by atoms with Crippen LogP contribution in [0, 0.1) is 6.92 Å². The number of fused-ring (bicyclic) bond motifs is 10. The van der Waals surface area contributed by atoms with Gasteiger partial charge in [-0.2, -0.15) is 0 Å². The van der Waals surface area contributed by atoms with E-state index < -0.39 is 5.60 Å². The third-order valence-corrected chi connectivity index (χ3v) is 14.0. The van der Waals surface area contributed by atoms with E-state index in [9.17, 15) is 5.11 Å². The third-order valence-electron chi connectivity index (χ3n) is 12.8. The number of ether oxygens (including phenoxy) is 4. The van der Waals surface area contributed by atoms with Crippen LogP contribution in [0.15, 0.2) is 113 Å². The van der Waals surface area contributed by atoms with Crippen LogP contribution in [0.1, 0.15) is 90.3 Å². The van der Waals surface area contributed by atoms with Crippen molar-refractivity contribution in [3.8, 4) is 34.1 Å². The van der Waals surface area contributed by atoms with Crippen LogP contribution in [-0.4, -0.2) is 26.4 Å². The summed E-state index contributed by atoms with van der Waals surface area (Å²) in [6.07, 6.45) is 10.2. The highest BCUT2D eigenvalue weighted by molar-refractivity contribution is 7.99. The highest BCUT2D eigenvalue weighted by Gasteiger charge is 2.49. The maximum absolute atomic E-state index is 9.83. The summed E-state index contributed by atoms with van der Waals surface area (Å²) < 4.78 is 25.3. The molecule has 0 saturated heterocycles. The molecule has 0 unspecified atom stereocenters. The first-order valence-electron chi connectivity index (χ1n) is 20.1. The molecule has 1 aliphatic heterocycles. The maximum atomic E-state index is 9.83. The molecule has 0 amide bonds. The van der Waals surface area contributed by atoms with Gasteiger partial charge in [-0.15, -0.1) is 0 Å². The fourth-order valence-electron chi connectivity index (χ4n) is 10.1. The first-order chi connectivity index (χ1) is 27.4. The highest BCUT2D eigenvalue weighted by Crippen LogP contribution is 2.62. The molecule has 0 radical (unpaired) electrons. The molecule has 1 heterocycles. The Morgan fingerprint density at radius 2 is 1.34 bits per heavy atom. The van der Waals surface area contributed by atoms with E-state index in [1.165, 1.54) is 65.3 Å². The van der Waals surface area contributed by atoms with E-state index in [0.717, 1.165) is 86.1 Å². The van der Waals surface area contributed by atoms with Gasteiger partial charge in [0, 0.05) is 26.8 Å². The summed E-state index contributed by atoms with van der Waals surface area (Å²) in [6.45, 7) is 2.14. The molecule has 0 bridgehead atoms. The molecule has 0 aromatic heterocycles. The lowest BCUT2D eigenvalue weighted by atomic mass is 9.66. The minimum Gasteiger partial charge on any atom is -0.497 e. The zero-order chi connectivity index (χ0) is 38.4. The van der Waals surface area contributed by atoms with E-state index in [4.69, 9.17) is 18.9 Å². The van der Waals surface area contributed by atoms with Crippen LogP contribution in [0.2, 0.25) is 0 Å². The summed E-state index contributed by atoms with van der Waals surface area (Å²) in [6, 6.07) is 36.9. The second-order valence-corrected chi connectivity index (χ2v) is 16.8. The number of hydrogen-bond acceptors (Lipinski definition) is 6. The average Bonchev–Trinajstić information content (AvgIpc) is 3.53. The average molecular weight is 763 g/mol. The molecule has 1 fully saturated rings. The number of benzene rings is 6. The van der Waals surface area contributed by atoms with E-state index in [-0.39, 0.29) is 12.0 Å². The number of methoxy groups -OCH3 is 3. The lowest BCUT2D eigenvalue weighted by molar-refractivity contribution is 0.0863. The van der Waals surface area contributed by atoms with E-state index in [1.807, 2.05) is 30.3 Å². The van der Waals surface area contributed by atoms with Crippen LogP contribution in [0.4, 0.5) is 0 Å². The zero-order valence-corrected chi connectivity index (χ0v) is 33.7. The molecule has 56 heavy (non-hydrogen) atoms. The molecular weight excluding hydrogens is 713 g/mol. The maximum Gasteiger partial charge on any atom is 0.159 e. The van der Waals surface area contributed by atoms with Crippen molar-refractivity contribution in [2.45, 2.75) is 92.1 Å². The van der Waals surface area contributed by atoms with Crippen molar-refractivity contribution in [3.05, 3.63) is 142 Å². The highest BCUT2D eigenvalue weighted by atomic mass is 32.2. The lowest BCUT2D eigenvalue weighted by Gasteiger charge is -2.43. The molecule has 6 aromatic rings. The number of hydrogen-bond donors (Lipinski definition) is 1. The number of aryl methyl sites for hydroxylation is 1. The molecule has 286 valence electrons. The van der Waals surface area contributed by atoms with Crippen molar-refractivity contribution >= 4 is 22.5 Å². The molecule has 9 rings (SSSR count). The quantitative estimate of drug-likeness (QED) is 0.167. The molecule has 1 spiro atoms. The summed E-state index contributed by atoms with van der Waals surface area (Å²) in [7, 11) is 5.19. The van der Waals surface area contributed by atoms with Gasteiger partial charge in [0.25, 0.3) is 0 Å². The second kappa shape index (κ2) is 14.9. The monoisotopic (exact) mass is 762 g/mol. The van der Waals surface area contributed by atoms with Crippen molar-refractivity contribution < 1.29 is 24.1 Å². The summed E-state index contributed by atoms with van der Waals surface area (Å²) in [5.41, 5.74) is 10.5. The smallest absolute Gasteiger partial charge is 0.159 e. The van der Waals surface area contributed by atoms with Gasteiger partial charge >= 0.3 is 0 Å². The van der Waals surface area contributed by atoms with Gasteiger partial charge in [-0.25, -0.2) is 0 Å². The number of aliphatic hydroxyl groups excluding tert-OH is 1. The normalized spacial score (nSPS) is 16.6. The Labute approximate surface area is 335 Å². The molecule has 5 nitrogen and oxygen atoms in total. The van der Waals surface area contributed by atoms with Gasteiger partial charge in [0.15, 0.2) is 5.60 Å². The molecule has 6 aromatic carbocycles. The van der Waals surface area contributed by atoms with Crippen LogP contribution < -0.4 is 18.9 Å². The summed E-state index contributed by atoms with van der Waals surface area (Å²) in [5.74, 6) is 3.41. The third kappa shape index (κ3) is 5.95. The lowest BCUT2D eigenvalue weighted by Crippen LogP contribution is -2.39. The van der Waals surface area contributed by atoms with Crippen molar-refractivity contribution in [1.29, 1.82) is 0 Å². The molecule has 1 N–H and O–H groups in total. The number of rotatable bonds is 8. The summed E-state index contributed by atoms with van der Waals surface area (Å²) in [5, 5.41) is 12.1. The van der Waals surface area contributed by atoms with Gasteiger partial charge in [0.2, 0.25) is 0 Å². The van der Waals surface area contributed by atoms with Crippen LogP contribution in [0.25, 0.3) is 21.9 Å². The predicted octanol–water partition coefficient (Wildman–Crippen LogP) is 12.1. The zero-order valence-electron chi connectivity index (χ0n) is 32.9. The Morgan fingerprint density at radius 3 is 1.96 bits per heavy atom. The summed E-state index contributed by atoms with van der Waals surface area (Å²) >= 11 is 1.73. The first kappa shape index (κ1) is 36.7. The largest absolute Gasteiger partial charge is 0.497 e. The Morgan fingerprint density at radius 1 is 0.679 bits per heavy atom. The van der Waals surface area contributed by atoms with Crippen LogP contribution in [0.3, 0.4) is 0 Å². The summed E-state index contributed by atoms with van der Waals surface area (Å²) in [4.78, 5) is 2.20. The standard InChI is InChI=1S/C50H50O5S/c1-32-28-33(31-51)14-23-44(32)56-45-30-40-41(29-43(45)54-4)48-39(47-46(40)38-12-8-9-13-42(38)49(47)25-10-6-5-7-11-26-49)24-27-50(55-48,34-15-19-36(52-2)20-16-34)35-17-21-37(53-3)22-18-35/h8-9,12-23,28-30,51H,5-7,10-11,24-27,31H2,1-4H3. The van der Waals surface area contributed by atoms with E-state index in [1.54, 1.807) is 33.1 Å². The minimum absolute atomic E-state index is 0.0258. The number of aliphatic hydroxyl groups is 1. The Kier molecular flexibility index (Phi) is 9.75. The minimum atomic E-state index is -0.752. The molecular formula is C50H50O5S. The fraction of sp³-hybridized carbons (Fsp3) is 0.320. The SMILES string of the molecule is COc1ccc(C2(c3ccc(OC)cc3)CCc3c4c(c5cc(Sc6ccc(CO)cc6C)c(OC)cc5c3O2)-c2ccccc2C42CCCCCCC2)cc1. The Balaban J connectivity index is 1.33. The first-order valence-corrected chi connectivity index (χ1v) is 20.9. The Bertz CT molecular complexity index is 2360. The van der Waals surface area contributed by atoms with Gasteiger partial charge in [-0.1, -0.05) is 105 Å². The fourth-order valence-corrected chi connectivity index (χ4v) is 11.1. The van der Waals surface area contributed by atoms with Gasteiger partial charge in [0.1, 0.15) is 23.0 Å². The van der Waals surface area contributed by atoms with Crippen molar-refractivity contribution in [1.82, 2.24) is 0 Å². The molecule has 3 aliphatic rings. The van der Waals surface area contributed by atoms with Crippen LogP contribution in [-0.2, 0) is 24.0 Å². The second-order valence-electron chi connectivity index (χ2n) is 15.7.